The molecule has 0 amide bonds. The van der Waals surface area contributed by atoms with E-state index in [2.05, 4.69) is 172 Å². The van der Waals surface area contributed by atoms with E-state index < -0.39 is 7.12 Å². The molecule has 24 nitrogen and oxygen atoms in total. The molecule has 0 unspecified atom stereocenters. The Bertz CT molecular complexity index is 6040. The van der Waals surface area contributed by atoms with E-state index in [4.69, 9.17) is 72.5 Å². The maximum Gasteiger partial charge on any atom is 0.514 e. The average Bonchev–Trinajstić information content (AvgIpc) is 1.63. The van der Waals surface area contributed by atoms with Crippen LogP contribution in [0.5, 0.6) is 17.2 Å². The third kappa shape index (κ3) is 24.2. The zero-order valence-corrected chi connectivity index (χ0v) is 78.4. The number of ether oxygens (including phenoxy) is 3. The maximum atomic E-state index is 6.00. The molecule has 4 saturated heterocycles. The number of halogens is 3. The van der Waals surface area contributed by atoms with E-state index in [1.54, 1.807) is 39.7 Å². The van der Waals surface area contributed by atoms with Crippen LogP contribution in [0, 0.1) is 32.6 Å². The molecule has 0 spiro atoms. The van der Waals surface area contributed by atoms with Crippen molar-refractivity contribution in [3.63, 3.8) is 0 Å². The SMILES string of the molecule is CC1(C)OB(c2cccc(Cl)n2)OC1(C)C.CC1=NCc2ncc(-c3cccc(CC4CCN(C)CC4)n3)cc21.CN1CCC(N)CC1.COc1ccc(Cn2nc(C)c3cc(-c4cccc(CC5CCN(C)CC5)n4)cnc32)cc1.COc1ccc(Cn2nc(C)c3cc(-c4cccc(Cl)n4)cnc32)cc1.COc1ccc(Cn2nc(C)c3cc(Br)cnc32)cc1. The van der Waals surface area contributed by atoms with Crippen LogP contribution in [0.2, 0.25) is 10.3 Å². The van der Waals surface area contributed by atoms with Gasteiger partial charge in [-0.3, -0.25) is 19.9 Å². The molecular weight excluding hydrogens is 1700 g/mol. The summed E-state index contributed by atoms with van der Waals surface area (Å²) in [5.74, 6) is 4.04. The predicted octanol–water partition coefficient (Wildman–Crippen LogP) is 18.2. The van der Waals surface area contributed by atoms with E-state index in [1.807, 2.05) is 166 Å². The number of likely N-dealkylation sites (tertiary alicyclic amines) is 3. The van der Waals surface area contributed by atoms with Crippen molar-refractivity contribution in [2.75, 3.05) is 81.7 Å². The van der Waals surface area contributed by atoms with Gasteiger partial charge in [0.05, 0.1) is 104 Å². The van der Waals surface area contributed by atoms with Crippen molar-refractivity contribution in [2.24, 2.45) is 22.6 Å². The van der Waals surface area contributed by atoms with Crippen molar-refractivity contribution in [3.05, 3.63) is 266 Å². The van der Waals surface area contributed by atoms with Gasteiger partial charge in [0.25, 0.3) is 0 Å². The Kier molecular flexibility index (Phi) is 30.9. The van der Waals surface area contributed by atoms with Crippen LogP contribution in [0.25, 0.3) is 66.9 Å². The summed E-state index contributed by atoms with van der Waals surface area (Å²) in [6, 6.07) is 56.7. The molecule has 3 aromatic carbocycles. The highest BCUT2D eigenvalue weighted by molar-refractivity contribution is 9.10. The first-order chi connectivity index (χ1) is 61.2. The Labute approximate surface area is 764 Å². The van der Waals surface area contributed by atoms with Gasteiger partial charge in [-0.05, 0) is 321 Å². The highest BCUT2D eigenvalue weighted by Gasteiger charge is 2.52. The van der Waals surface area contributed by atoms with Crippen molar-refractivity contribution >= 4 is 90.7 Å². The van der Waals surface area contributed by atoms with Crippen molar-refractivity contribution in [2.45, 2.75) is 150 Å². The first-order valence-corrected chi connectivity index (χ1v) is 45.1. The zero-order valence-electron chi connectivity index (χ0n) is 75.3. The molecule has 16 heterocycles. The van der Waals surface area contributed by atoms with Crippen LogP contribution in [0.1, 0.15) is 130 Å². The van der Waals surface area contributed by atoms with E-state index in [1.165, 1.54) is 100 Å². The van der Waals surface area contributed by atoms with Crippen LogP contribution in [0.3, 0.4) is 0 Å². The van der Waals surface area contributed by atoms with Gasteiger partial charge in [0.2, 0.25) is 0 Å². The molecule has 5 aliphatic rings. The Morgan fingerprint density at radius 3 is 1.23 bits per heavy atom. The van der Waals surface area contributed by atoms with Gasteiger partial charge in [0.15, 0.2) is 16.9 Å². The van der Waals surface area contributed by atoms with Gasteiger partial charge in [-0.25, -0.2) is 39.0 Å². The first-order valence-electron chi connectivity index (χ1n) is 43.6. The molecule has 2 N–H and O–H groups in total. The number of rotatable bonds is 17. The number of hydrogen-bond acceptors (Lipinski definition) is 21. The second kappa shape index (κ2) is 42.4. The van der Waals surface area contributed by atoms with Gasteiger partial charge in [0, 0.05) is 90.8 Å². The summed E-state index contributed by atoms with van der Waals surface area (Å²) >= 11 is 15.3. The Balaban J connectivity index is 0.000000128. The lowest BCUT2D eigenvalue weighted by Gasteiger charge is -2.32. The third-order valence-electron chi connectivity index (χ3n) is 24.5. The third-order valence-corrected chi connectivity index (χ3v) is 25.3. The lowest BCUT2D eigenvalue weighted by molar-refractivity contribution is 0.00578. The van der Waals surface area contributed by atoms with Crippen molar-refractivity contribution < 1.29 is 23.5 Å². The van der Waals surface area contributed by atoms with E-state index >= 15 is 0 Å². The number of hydrogen-bond donors (Lipinski definition) is 1. The summed E-state index contributed by atoms with van der Waals surface area (Å²) in [7, 11) is 11.1. The molecule has 28 heteroatoms. The van der Waals surface area contributed by atoms with Crippen molar-refractivity contribution in [3.8, 4) is 51.0 Å². The van der Waals surface area contributed by atoms with Gasteiger partial charge in [-0.2, -0.15) is 15.3 Å². The number of aliphatic imine (C=N–C) groups is 1. The molecule has 0 bridgehead atoms. The van der Waals surface area contributed by atoms with Gasteiger partial charge in [-0.15, -0.1) is 0 Å². The van der Waals surface area contributed by atoms with E-state index in [9.17, 15) is 0 Å². The van der Waals surface area contributed by atoms with Gasteiger partial charge >= 0.3 is 7.12 Å². The molecule has 19 rings (SSSR count). The Morgan fingerprint density at radius 2 is 0.819 bits per heavy atom. The Morgan fingerprint density at radius 1 is 0.449 bits per heavy atom. The predicted molar refractivity (Wildman–Crippen MR) is 513 cm³/mol. The summed E-state index contributed by atoms with van der Waals surface area (Å²) in [6.07, 6.45) is 17.0. The van der Waals surface area contributed by atoms with Gasteiger partial charge in [0.1, 0.15) is 27.6 Å². The van der Waals surface area contributed by atoms with E-state index in [-0.39, 0.29) is 11.2 Å². The molecular formula is C99H115BBrCl2N19O5. The van der Waals surface area contributed by atoms with Crippen molar-refractivity contribution in [1.29, 1.82) is 0 Å². The normalized spacial score (nSPS) is 15.9. The smallest absolute Gasteiger partial charge is 0.497 e. The lowest BCUT2D eigenvalue weighted by atomic mass is 9.84. The number of nitrogens with two attached hydrogens (primary N) is 1. The Hall–Kier alpha value is -10.8. The molecule has 4 fully saturated rings. The molecule has 11 aromatic heterocycles. The van der Waals surface area contributed by atoms with Crippen LogP contribution in [-0.4, -0.2) is 196 Å². The molecule has 127 heavy (non-hydrogen) atoms. The number of pyridine rings is 8. The van der Waals surface area contributed by atoms with Gasteiger partial charge in [-0.1, -0.05) is 83.9 Å². The molecule has 5 aliphatic heterocycles. The monoisotopic (exact) mass is 1810 g/mol. The fraction of sp³-hybridized carbons (Fsp3) is 0.374. The molecule has 660 valence electrons. The molecule has 14 aromatic rings. The van der Waals surface area contributed by atoms with Crippen LogP contribution < -0.4 is 25.5 Å². The number of fused-ring (bicyclic) bond motifs is 4. The second-order valence-corrected chi connectivity index (χ2v) is 36.2. The fourth-order valence-corrected chi connectivity index (χ4v) is 16.7. The minimum atomic E-state index is -0.441. The summed E-state index contributed by atoms with van der Waals surface area (Å²) < 4.78 is 34.1. The molecule has 0 aliphatic carbocycles. The second-order valence-electron chi connectivity index (χ2n) is 34.5. The standard InChI is InChI=1S/C27H31N5O.C20H17ClN4O.C20H24N4.C15H14BrN3O.C11H15BClNO2.C6H14N2/c1-19-25-16-22(26-6-4-5-23(29-26)15-20-11-13-31(2)14-12-20)17-28-27(25)32(30-19)18-21-7-9-24(33-3)10-8-21;1-13-17-10-15(18-4-3-5-19(21)23-18)11-22-20(17)25(24-13)12-14-6-8-16(26-2)9-7-14;1-14-18-11-16(12-22-20(18)13-21-14)19-5-3-4-17(23-19)10-15-6-8-24(2)9-7-15;1-10-14-7-12(16)8-17-15(14)19(18-10)9-11-3-5-13(20-2)6-4-11;1-10(2)11(3,4)16-12(15-10)8-6-5-7-9(13)14-8;1-8-4-2-6(7)3-5-8/h4-10,16-17,20H,11-15,18H2,1-3H3;3-11H,12H2,1-2H3;3-5,11-12,15H,6-10,13H2,1-2H3;3-8H,9H2,1-2H3;5-7H,1-4H3;6H,2-5,7H2,1H3. The highest BCUT2D eigenvalue weighted by atomic mass is 79.9. The summed E-state index contributed by atoms with van der Waals surface area (Å²) in [5.41, 5.74) is 26.3. The highest BCUT2D eigenvalue weighted by Crippen LogP contribution is 2.37. The number of piperidine rings is 3. The van der Waals surface area contributed by atoms with E-state index in [0.29, 0.717) is 48.1 Å². The zero-order chi connectivity index (χ0) is 89.5. The number of nitrogens with zero attached hydrogens (tertiary/aromatic N) is 18. The lowest BCUT2D eigenvalue weighted by Crippen LogP contribution is -2.41. The summed E-state index contributed by atoms with van der Waals surface area (Å²) in [4.78, 5) is 48.6. The number of methoxy groups -OCH3 is 3. The van der Waals surface area contributed by atoms with Crippen LogP contribution >= 0.6 is 39.1 Å². The first kappa shape index (κ1) is 92.4. The van der Waals surface area contributed by atoms with Crippen LogP contribution in [0.4, 0.5) is 0 Å². The fourth-order valence-electron chi connectivity index (χ4n) is 16.0. The minimum absolute atomic E-state index is 0.346. The number of aryl methyl sites for hydroxylation is 3. The van der Waals surface area contributed by atoms with Crippen LogP contribution in [0.15, 0.2) is 204 Å². The molecule has 0 atom stereocenters. The molecule has 0 radical (unpaired) electrons. The summed E-state index contributed by atoms with van der Waals surface area (Å²) in [6.45, 7) is 26.0. The molecule has 0 saturated carbocycles. The average molecular weight is 1810 g/mol. The summed E-state index contributed by atoms with van der Waals surface area (Å²) in [5, 5.41) is 18.1. The van der Waals surface area contributed by atoms with Crippen molar-refractivity contribution in [1.82, 2.24) is 83.9 Å². The number of aromatic nitrogens is 14. The van der Waals surface area contributed by atoms with Gasteiger partial charge < -0.3 is 44.0 Å². The quantitative estimate of drug-likeness (QED) is 0.0657. The maximum absolute atomic E-state index is 6.00. The largest absolute Gasteiger partial charge is 0.514 e. The topological polar surface area (TPSA) is 251 Å². The van der Waals surface area contributed by atoms with Crippen LogP contribution in [-0.2, 0) is 48.3 Å². The van der Waals surface area contributed by atoms with E-state index in [0.717, 1.165) is 153 Å². The minimum Gasteiger partial charge on any atom is -0.497 e. The number of benzene rings is 3.